The van der Waals surface area contributed by atoms with Gasteiger partial charge >= 0.3 is 5.97 Å². The molecule has 156 valence electrons. The predicted octanol–water partition coefficient (Wildman–Crippen LogP) is 2.92. The van der Waals surface area contributed by atoms with Crippen LogP contribution in [-0.2, 0) is 24.3 Å². The normalized spacial score (nSPS) is 12.4. The van der Waals surface area contributed by atoms with Crippen LogP contribution in [0.25, 0.3) is 0 Å². The van der Waals surface area contributed by atoms with Gasteiger partial charge in [0.1, 0.15) is 0 Å². The molecule has 0 bridgehead atoms. The third kappa shape index (κ3) is 6.13. The van der Waals surface area contributed by atoms with E-state index in [1.807, 2.05) is 37.3 Å². The van der Waals surface area contributed by atoms with Gasteiger partial charge < -0.3 is 10.1 Å². The molecule has 2 aromatic rings. The first-order chi connectivity index (χ1) is 13.6. The summed E-state index contributed by atoms with van der Waals surface area (Å²) in [6.45, 7) is 3.22. The van der Waals surface area contributed by atoms with Crippen LogP contribution in [-0.4, -0.2) is 45.3 Å². The Morgan fingerprint density at radius 3 is 2.38 bits per heavy atom. The van der Waals surface area contributed by atoms with Crippen molar-refractivity contribution in [2.75, 3.05) is 26.0 Å². The molecule has 2 aromatic carbocycles. The molecular formula is C21H26N2O5S. The fourth-order valence-corrected chi connectivity index (χ4v) is 3.58. The number of aryl methyl sites for hydroxylation is 1. The van der Waals surface area contributed by atoms with Gasteiger partial charge in [-0.2, -0.15) is 0 Å². The quantitative estimate of drug-likeness (QED) is 0.666. The number of anilines is 1. The van der Waals surface area contributed by atoms with Gasteiger partial charge in [-0.3, -0.25) is 9.59 Å². The summed E-state index contributed by atoms with van der Waals surface area (Å²) in [5, 5.41) is 2.60. The van der Waals surface area contributed by atoms with Crippen molar-refractivity contribution in [3.63, 3.8) is 0 Å². The summed E-state index contributed by atoms with van der Waals surface area (Å²) in [5.74, 6) is -1.03. The summed E-state index contributed by atoms with van der Waals surface area (Å²) in [6.07, 6.45) is 0.160. The molecule has 1 unspecified atom stereocenters. The van der Waals surface area contributed by atoms with Crippen LogP contribution in [0, 0.1) is 6.92 Å². The predicted molar refractivity (Wildman–Crippen MR) is 111 cm³/mol. The highest BCUT2D eigenvalue weighted by Gasteiger charge is 2.19. The van der Waals surface area contributed by atoms with Gasteiger partial charge in [0.15, 0.2) is 6.61 Å². The molecule has 0 fully saturated rings. The third-order valence-corrected chi connectivity index (χ3v) is 6.28. The molecule has 1 amide bonds. The Hall–Kier alpha value is -2.71. The molecule has 0 radical (unpaired) electrons. The third-order valence-electron chi connectivity index (χ3n) is 4.47. The van der Waals surface area contributed by atoms with E-state index in [0.717, 1.165) is 9.87 Å². The van der Waals surface area contributed by atoms with Crippen molar-refractivity contribution in [1.29, 1.82) is 0 Å². The largest absolute Gasteiger partial charge is 0.456 e. The fourth-order valence-electron chi connectivity index (χ4n) is 2.65. The summed E-state index contributed by atoms with van der Waals surface area (Å²) in [6, 6.07) is 14.0. The second-order valence-corrected chi connectivity index (χ2v) is 9.14. The van der Waals surface area contributed by atoms with E-state index >= 15 is 0 Å². The first-order valence-corrected chi connectivity index (χ1v) is 10.6. The summed E-state index contributed by atoms with van der Waals surface area (Å²) < 4.78 is 30.7. The first-order valence-electron chi connectivity index (χ1n) is 9.15. The minimum Gasteiger partial charge on any atom is -0.456 e. The molecule has 0 aromatic heterocycles. The van der Waals surface area contributed by atoms with Crippen molar-refractivity contribution in [3.05, 3.63) is 59.7 Å². The van der Waals surface area contributed by atoms with Crippen molar-refractivity contribution < 1.29 is 22.7 Å². The SMILES string of the molecule is Cc1ccc(S(=O)(=O)N(C)C)cc1NC(=O)COC(=O)CC(C)c1ccccc1. The van der Waals surface area contributed by atoms with E-state index in [9.17, 15) is 18.0 Å². The molecule has 2 rings (SSSR count). The number of nitrogens with zero attached hydrogens (tertiary/aromatic N) is 1. The van der Waals surface area contributed by atoms with Crippen LogP contribution in [0.1, 0.15) is 30.4 Å². The van der Waals surface area contributed by atoms with Crippen LogP contribution in [0.4, 0.5) is 5.69 Å². The highest BCUT2D eigenvalue weighted by molar-refractivity contribution is 7.89. The van der Waals surface area contributed by atoms with Crippen molar-refractivity contribution >= 4 is 27.6 Å². The lowest BCUT2D eigenvalue weighted by molar-refractivity contribution is -0.147. The van der Waals surface area contributed by atoms with Crippen LogP contribution in [0.3, 0.4) is 0 Å². The van der Waals surface area contributed by atoms with E-state index in [4.69, 9.17) is 4.74 Å². The van der Waals surface area contributed by atoms with E-state index in [0.29, 0.717) is 11.3 Å². The maximum absolute atomic E-state index is 12.3. The molecule has 0 spiro atoms. The number of rotatable bonds is 8. The molecule has 0 aliphatic rings. The topological polar surface area (TPSA) is 92.8 Å². The second kappa shape index (κ2) is 9.67. The lowest BCUT2D eigenvalue weighted by Crippen LogP contribution is -2.24. The van der Waals surface area contributed by atoms with Crippen molar-refractivity contribution in [2.24, 2.45) is 0 Å². The second-order valence-electron chi connectivity index (χ2n) is 6.99. The molecule has 8 heteroatoms. The van der Waals surface area contributed by atoms with E-state index in [1.54, 1.807) is 13.0 Å². The summed E-state index contributed by atoms with van der Waals surface area (Å²) in [4.78, 5) is 24.3. The average Bonchev–Trinajstić information content (AvgIpc) is 2.68. The lowest BCUT2D eigenvalue weighted by Gasteiger charge is -2.15. The summed E-state index contributed by atoms with van der Waals surface area (Å²) >= 11 is 0. The van der Waals surface area contributed by atoms with Gasteiger partial charge in [0.25, 0.3) is 5.91 Å². The van der Waals surface area contributed by atoms with Crippen molar-refractivity contribution in [2.45, 2.75) is 31.1 Å². The standard InChI is InChI=1S/C21H26N2O5S/c1-15-10-11-18(29(26,27)23(3)4)13-19(15)22-20(24)14-28-21(25)12-16(2)17-8-6-5-7-9-17/h5-11,13,16H,12,14H2,1-4H3,(H,22,24). The molecule has 1 atom stereocenters. The highest BCUT2D eigenvalue weighted by Crippen LogP contribution is 2.22. The van der Waals surface area contributed by atoms with E-state index in [2.05, 4.69) is 5.32 Å². The zero-order chi connectivity index (χ0) is 21.6. The smallest absolute Gasteiger partial charge is 0.306 e. The minimum absolute atomic E-state index is 0.0260. The Morgan fingerprint density at radius 1 is 1.10 bits per heavy atom. The first kappa shape index (κ1) is 22.6. The molecule has 0 saturated carbocycles. The molecule has 0 aliphatic carbocycles. The van der Waals surface area contributed by atoms with Gasteiger partial charge in [0, 0.05) is 19.8 Å². The fraction of sp³-hybridized carbons (Fsp3) is 0.333. The molecule has 1 N–H and O–H groups in total. The maximum Gasteiger partial charge on any atom is 0.306 e. The number of hydrogen-bond donors (Lipinski definition) is 1. The number of carbonyl (C=O) groups excluding carboxylic acids is 2. The number of sulfonamides is 1. The van der Waals surface area contributed by atoms with E-state index in [1.165, 1.54) is 26.2 Å². The van der Waals surface area contributed by atoms with Gasteiger partial charge in [-0.15, -0.1) is 0 Å². The number of ether oxygens (including phenoxy) is 1. The van der Waals surface area contributed by atoms with Crippen molar-refractivity contribution in [1.82, 2.24) is 4.31 Å². The van der Waals surface area contributed by atoms with Gasteiger partial charge in [0.05, 0.1) is 11.3 Å². The monoisotopic (exact) mass is 418 g/mol. The zero-order valence-corrected chi connectivity index (χ0v) is 17.8. The zero-order valence-electron chi connectivity index (χ0n) is 17.0. The Morgan fingerprint density at radius 2 is 1.76 bits per heavy atom. The number of esters is 1. The van der Waals surface area contributed by atoms with Gasteiger partial charge in [-0.1, -0.05) is 43.3 Å². The highest BCUT2D eigenvalue weighted by atomic mass is 32.2. The Balaban J connectivity index is 1.95. The summed E-state index contributed by atoms with van der Waals surface area (Å²) in [5.41, 5.74) is 2.06. The number of hydrogen-bond acceptors (Lipinski definition) is 5. The van der Waals surface area contributed by atoms with Crippen molar-refractivity contribution in [3.8, 4) is 0 Å². The Kier molecular flexibility index (Phi) is 7.53. The van der Waals surface area contributed by atoms with Crippen LogP contribution in [0.2, 0.25) is 0 Å². The minimum atomic E-state index is -3.62. The Labute approximate surface area is 171 Å². The lowest BCUT2D eigenvalue weighted by atomic mass is 9.98. The molecule has 0 heterocycles. The number of carbonyl (C=O) groups is 2. The molecule has 0 aliphatic heterocycles. The molecule has 29 heavy (non-hydrogen) atoms. The van der Waals surface area contributed by atoms with E-state index in [-0.39, 0.29) is 17.2 Å². The van der Waals surface area contributed by atoms with Gasteiger partial charge in [0.2, 0.25) is 10.0 Å². The Bertz CT molecular complexity index is 972. The van der Waals surface area contributed by atoms with Crippen LogP contribution in [0.5, 0.6) is 0 Å². The molecule has 7 nitrogen and oxygen atoms in total. The maximum atomic E-state index is 12.3. The average molecular weight is 419 g/mol. The van der Waals surface area contributed by atoms with Gasteiger partial charge in [-0.05, 0) is 36.1 Å². The number of amides is 1. The number of nitrogens with one attached hydrogen (secondary N) is 1. The van der Waals surface area contributed by atoms with Gasteiger partial charge in [-0.25, -0.2) is 12.7 Å². The molecule has 0 saturated heterocycles. The summed E-state index contributed by atoms with van der Waals surface area (Å²) in [7, 11) is -0.753. The molecular weight excluding hydrogens is 392 g/mol. The number of benzene rings is 2. The van der Waals surface area contributed by atoms with Crippen LogP contribution >= 0.6 is 0 Å². The van der Waals surface area contributed by atoms with Crippen LogP contribution in [0.15, 0.2) is 53.4 Å². The van der Waals surface area contributed by atoms with Crippen LogP contribution < -0.4 is 5.32 Å². The van der Waals surface area contributed by atoms with E-state index < -0.39 is 28.5 Å².